The van der Waals surface area contributed by atoms with Gasteiger partial charge in [-0.2, -0.15) is 0 Å². The first-order valence-corrected chi connectivity index (χ1v) is 11.4. The lowest BCUT2D eigenvalue weighted by Gasteiger charge is -2.27. The highest BCUT2D eigenvalue weighted by molar-refractivity contribution is 7.99. The summed E-state index contributed by atoms with van der Waals surface area (Å²) in [6.45, 7) is 5.73. The normalized spacial score (nSPS) is 13.9. The van der Waals surface area contributed by atoms with Crippen LogP contribution in [0, 0.1) is 0 Å². The summed E-state index contributed by atoms with van der Waals surface area (Å²) in [6.07, 6.45) is 4.42. The van der Waals surface area contributed by atoms with E-state index in [2.05, 4.69) is 38.4 Å². The molecule has 0 bridgehead atoms. The lowest BCUT2D eigenvalue weighted by Crippen LogP contribution is -2.36. The Kier molecular flexibility index (Phi) is 7.16. The molecule has 1 aliphatic heterocycles. The maximum atomic E-state index is 12.4. The number of amides is 1. The fourth-order valence-corrected chi connectivity index (χ4v) is 4.17. The Labute approximate surface area is 186 Å². The van der Waals surface area contributed by atoms with Gasteiger partial charge in [-0.3, -0.25) is 9.36 Å². The molecule has 0 saturated carbocycles. The average molecular weight is 439 g/mol. The minimum absolute atomic E-state index is 0.0550. The van der Waals surface area contributed by atoms with Crippen molar-refractivity contribution in [2.75, 3.05) is 37.0 Å². The van der Waals surface area contributed by atoms with E-state index in [-0.39, 0.29) is 11.7 Å². The first-order valence-electron chi connectivity index (χ1n) is 10.4. The molecule has 8 nitrogen and oxygen atoms in total. The van der Waals surface area contributed by atoms with E-state index in [0.717, 1.165) is 49.8 Å². The number of morpholine rings is 1. The van der Waals surface area contributed by atoms with E-state index in [0.29, 0.717) is 11.7 Å². The molecule has 1 amide bonds. The molecule has 0 spiro atoms. The second-order valence-corrected chi connectivity index (χ2v) is 8.10. The number of nitrogens with zero attached hydrogens (tertiary/aromatic N) is 5. The molecular weight excluding hydrogens is 412 g/mol. The summed E-state index contributed by atoms with van der Waals surface area (Å²) in [7, 11) is 0. The lowest BCUT2D eigenvalue weighted by molar-refractivity contribution is -0.118. The molecule has 1 saturated heterocycles. The van der Waals surface area contributed by atoms with Gasteiger partial charge in [-0.15, -0.1) is 10.2 Å². The number of para-hydroxylation sites is 1. The van der Waals surface area contributed by atoms with Crippen LogP contribution in [-0.2, 0) is 22.5 Å². The summed E-state index contributed by atoms with van der Waals surface area (Å²) in [5, 5.41) is 11.9. The van der Waals surface area contributed by atoms with E-state index in [1.807, 2.05) is 41.1 Å². The third kappa shape index (κ3) is 5.42. The molecule has 9 heteroatoms. The maximum absolute atomic E-state index is 12.4. The standard InChI is InChI=1S/C22H26N6O2S/c1-2-18-5-3-4-6-19(18)28-16-25-26-22(28)31-15-21(29)24-14-17-7-8-20(23-13-17)27-9-11-30-12-10-27/h3-8,13,16H,2,9-12,14-15H2,1H3,(H,24,29). The molecule has 0 unspecified atom stereocenters. The molecule has 3 heterocycles. The van der Waals surface area contributed by atoms with E-state index >= 15 is 0 Å². The van der Waals surface area contributed by atoms with E-state index < -0.39 is 0 Å². The number of aromatic nitrogens is 4. The van der Waals surface area contributed by atoms with Gasteiger partial charge in [0, 0.05) is 25.8 Å². The largest absolute Gasteiger partial charge is 0.378 e. The second kappa shape index (κ2) is 10.4. The molecule has 2 aromatic heterocycles. The molecule has 0 radical (unpaired) electrons. The number of anilines is 1. The molecule has 162 valence electrons. The maximum Gasteiger partial charge on any atom is 0.230 e. The zero-order valence-electron chi connectivity index (χ0n) is 17.5. The first kappa shape index (κ1) is 21.3. The van der Waals surface area contributed by atoms with Crippen molar-refractivity contribution in [3.63, 3.8) is 0 Å². The van der Waals surface area contributed by atoms with Gasteiger partial charge in [0.1, 0.15) is 12.1 Å². The molecule has 1 N–H and O–H groups in total. The van der Waals surface area contributed by atoms with Crippen molar-refractivity contribution in [3.05, 3.63) is 60.0 Å². The quantitative estimate of drug-likeness (QED) is 0.541. The molecule has 0 atom stereocenters. The van der Waals surface area contributed by atoms with E-state index in [1.54, 1.807) is 6.33 Å². The van der Waals surface area contributed by atoms with Crippen LogP contribution in [0.4, 0.5) is 5.82 Å². The number of pyridine rings is 1. The Morgan fingerprint density at radius 1 is 1.19 bits per heavy atom. The Morgan fingerprint density at radius 2 is 2.03 bits per heavy atom. The molecule has 1 fully saturated rings. The molecule has 3 aromatic rings. The molecule has 4 rings (SSSR count). The van der Waals surface area contributed by atoms with Crippen molar-refractivity contribution in [1.29, 1.82) is 0 Å². The van der Waals surface area contributed by atoms with Crippen molar-refractivity contribution in [2.24, 2.45) is 0 Å². The first-order chi connectivity index (χ1) is 15.2. The Balaban J connectivity index is 1.29. The van der Waals surface area contributed by atoms with Gasteiger partial charge in [-0.25, -0.2) is 4.98 Å². The fourth-order valence-electron chi connectivity index (χ4n) is 3.42. The number of ether oxygens (including phenoxy) is 1. The number of nitrogens with one attached hydrogen (secondary N) is 1. The van der Waals surface area contributed by atoms with Crippen molar-refractivity contribution in [1.82, 2.24) is 25.1 Å². The zero-order valence-corrected chi connectivity index (χ0v) is 18.3. The monoisotopic (exact) mass is 438 g/mol. The molecule has 0 aliphatic carbocycles. The fraction of sp³-hybridized carbons (Fsp3) is 0.364. The SMILES string of the molecule is CCc1ccccc1-n1cnnc1SCC(=O)NCc1ccc(N2CCOCC2)nc1. The molecular formula is C22H26N6O2S. The smallest absolute Gasteiger partial charge is 0.230 e. The van der Waals surface area contributed by atoms with E-state index in [9.17, 15) is 4.79 Å². The van der Waals surface area contributed by atoms with E-state index in [4.69, 9.17) is 4.74 Å². The van der Waals surface area contributed by atoms with Crippen LogP contribution in [0.25, 0.3) is 5.69 Å². The Morgan fingerprint density at radius 3 is 2.81 bits per heavy atom. The van der Waals surface area contributed by atoms with Crippen LogP contribution in [0.2, 0.25) is 0 Å². The van der Waals surface area contributed by atoms with Crippen LogP contribution in [-0.4, -0.2) is 57.7 Å². The van der Waals surface area contributed by atoms with Crippen LogP contribution < -0.4 is 10.2 Å². The topological polar surface area (TPSA) is 85.2 Å². The van der Waals surface area contributed by atoms with Gasteiger partial charge < -0.3 is 15.0 Å². The number of carbonyl (C=O) groups is 1. The number of benzene rings is 1. The summed E-state index contributed by atoms with van der Waals surface area (Å²) in [5.74, 6) is 1.16. The van der Waals surface area contributed by atoms with Crippen molar-refractivity contribution in [2.45, 2.75) is 25.0 Å². The third-order valence-electron chi connectivity index (χ3n) is 5.11. The van der Waals surface area contributed by atoms with Crippen molar-refractivity contribution in [3.8, 4) is 5.69 Å². The summed E-state index contributed by atoms with van der Waals surface area (Å²) in [6, 6.07) is 12.1. The number of hydrogen-bond donors (Lipinski definition) is 1. The van der Waals surface area contributed by atoms with Gasteiger partial charge in [-0.05, 0) is 29.7 Å². The second-order valence-electron chi connectivity index (χ2n) is 7.16. The Bertz CT molecular complexity index is 1000. The van der Waals surface area contributed by atoms with Gasteiger partial charge in [0.05, 0.1) is 24.7 Å². The van der Waals surface area contributed by atoms with Crippen LogP contribution in [0.5, 0.6) is 0 Å². The summed E-state index contributed by atoms with van der Waals surface area (Å²) >= 11 is 1.38. The highest BCUT2D eigenvalue weighted by Crippen LogP contribution is 2.22. The number of hydrogen-bond acceptors (Lipinski definition) is 7. The number of rotatable bonds is 8. The van der Waals surface area contributed by atoms with Gasteiger partial charge in [0.2, 0.25) is 5.91 Å². The van der Waals surface area contributed by atoms with Gasteiger partial charge in [0.25, 0.3) is 0 Å². The van der Waals surface area contributed by atoms with Crippen molar-refractivity contribution >= 4 is 23.5 Å². The average Bonchev–Trinajstić information content (AvgIpc) is 3.30. The lowest BCUT2D eigenvalue weighted by atomic mass is 10.1. The molecule has 31 heavy (non-hydrogen) atoms. The molecule has 1 aliphatic rings. The van der Waals surface area contributed by atoms with Crippen molar-refractivity contribution < 1.29 is 9.53 Å². The summed E-state index contributed by atoms with van der Waals surface area (Å²) in [4.78, 5) is 19.1. The minimum atomic E-state index is -0.0550. The minimum Gasteiger partial charge on any atom is -0.378 e. The number of thioether (sulfide) groups is 1. The van der Waals surface area contributed by atoms with E-state index in [1.165, 1.54) is 17.3 Å². The van der Waals surface area contributed by atoms with Crippen LogP contribution in [0.3, 0.4) is 0 Å². The third-order valence-corrected chi connectivity index (χ3v) is 6.06. The number of carbonyl (C=O) groups excluding carboxylic acids is 1. The van der Waals surface area contributed by atoms with Gasteiger partial charge in [0.15, 0.2) is 5.16 Å². The van der Waals surface area contributed by atoms with Crippen LogP contribution in [0.15, 0.2) is 54.1 Å². The predicted octanol–water partition coefficient (Wildman–Crippen LogP) is 2.47. The van der Waals surface area contributed by atoms with Gasteiger partial charge in [-0.1, -0.05) is 43.0 Å². The summed E-state index contributed by atoms with van der Waals surface area (Å²) in [5.41, 5.74) is 3.22. The Hall–Kier alpha value is -2.91. The zero-order chi connectivity index (χ0) is 21.5. The highest BCUT2D eigenvalue weighted by Gasteiger charge is 2.13. The van der Waals surface area contributed by atoms with Crippen LogP contribution >= 0.6 is 11.8 Å². The molecule has 1 aromatic carbocycles. The number of aryl methyl sites for hydroxylation is 1. The predicted molar refractivity (Wildman–Crippen MR) is 121 cm³/mol. The summed E-state index contributed by atoms with van der Waals surface area (Å²) < 4.78 is 7.31. The van der Waals surface area contributed by atoms with Crippen LogP contribution in [0.1, 0.15) is 18.1 Å². The van der Waals surface area contributed by atoms with Gasteiger partial charge >= 0.3 is 0 Å². The highest BCUT2D eigenvalue weighted by atomic mass is 32.2.